The number of hydrogen-bond acceptors (Lipinski definition) is 7. The molecule has 3 aromatic carbocycles. The first-order valence-electron chi connectivity index (χ1n) is 13.0. The molecule has 2 aliphatic rings. The molecule has 0 radical (unpaired) electrons. The van der Waals surface area contributed by atoms with Crippen molar-refractivity contribution in [1.82, 2.24) is 4.90 Å². The minimum atomic E-state index is -0.824. The molecule has 202 valence electrons. The number of ether oxygens (including phenoxy) is 4. The van der Waals surface area contributed by atoms with Crippen LogP contribution in [0.1, 0.15) is 48.9 Å². The lowest BCUT2D eigenvalue weighted by molar-refractivity contribution is -0.140. The van der Waals surface area contributed by atoms with E-state index in [1.807, 2.05) is 12.1 Å². The summed E-state index contributed by atoms with van der Waals surface area (Å²) in [7, 11) is 1.55. The van der Waals surface area contributed by atoms with Crippen molar-refractivity contribution in [2.75, 3.05) is 20.5 Å². The second kappa shape index (κ2) is 11.5. The molecule has 1 atom stereocenters. The highest BCUT2D eigenvalue weighted by molar-refractivity contribution is 6.46. The van der Waals surface area contributed by atoms with Crippen LogP contribution >= 0.6 is 0 Å². The first kappa shape index (κ1) is 26.2. The lowest BCUT2D eigenvalue weighted by Gasteiger charge is -2.26. The molecule has 0 aromatic heterocycles. The monoisotopic (exact) mass is 529 g/mol. The number of unbranched alkanes of at least 4 members (excludes halogenated alkanes) is 2. The van der Waals surface area contributed by atoms with E-state index < -0.39 is 17.7 Å². The third kappa shape index (κ3) is 5.41. The largest absolute Gasteiger partial charge is 0.507 e. The van der Waals surface area contributed by atoms with E-state index in [0.29, 0.717) is 40.7 Å². The van der Waals surface area contributed by atoms with Gasteiger partial charge in [-0.25, -0.2) is 0 Å². The Balaban J connectivity index is 1.50. The number of amides is 1. The number of benzene rings is 3. The summed E-state index contributed by atoms with van der Waals surface area (Å²) in [5.41, 5.74) is 1.85. The molecule has 2 heterocycles. The summed E-state index contributed by atoms with van der Waals surface area (Å²) in [6, 6.07) is 18.6. The lowest BCUT2D eigenvalue weighted by atomic mass is 9.95. The van der Waals surface area contributed by atoms with Gasteiger partial charge in [0.15, 0.2) is 11.5 Å². The van der Waals surface area contributed by atoms with Crippen molar-refractivity contribution in [1.29, 1.82) is 0 Å². The van der Waals surface area contributed by atoms with E-state index in [-0.39, 0.29) is 24.7 Å². The Morgan fingerprint density at radius 1 is 0.974 bits per heavy atom. The number of likely N-dealkylation sites (tertiary alicyclic amines) is 1. The molecule has 1 fully saturated rings. The van der Waals surface area contributed by atoms with Gasteiger partial charge in [-0.3, -0.25) is 9.59 Å². The fourth-order valence-electron chi connectivity index (χ4n) is 4.84. The Kier molecular flexibility index (Phi) is 7.72. The Morgan fingerprint density at radius 3 is 2.54 bits per heavy atom. The first-order chi connectivity index (χ1) is 19.0. The van der Waals surface area contributed by atoms with Crippen LogP contribution in [-0.2, 0) is 16.1 Å². The minimum absolute atomic E-state index is 0.0191. The van der Waals surface area contributed by atoms with Crippen LogP contribution in [-0.4, -0.2) is 42.2 Å². The SMILES string of the molecule is CCCCCOc1ccc(/C(O)=C2\C(=O)C(=O)N(Cc3ccc4c(c3)OCO4)C2c2cccc(OC)c2)cc1. The number of fused-ring (bicyclic) bond motifs is 1. The van der Waals surface area contributed by atoms with E-state index >= 15 is 0 Å². The van der Waals surface area contributed by atoms with Gasteiger partial charge < -0.3 is 29.0 Å². The quantitative estimate of drug-likeness (QED) is 0.158. The first-order valence-corrected chi connectivity index (χ1v) is 13.0. The van der Waals surface area contributed by atoms with Crippen LogP contribution in [0.3, 0.4) is 0 Å². The number of carbonyl (C=O) groups excluding carboxylic acids is 2. The van der Waals surface area contributed by atoms with E-state index in [2.05, 4.69) is 6.92 Å². The molecule has 8 heteroatoms. The molecule has 0 spiro atoms. The van der Waals surface area contributed by atoms with Crippen molar-refractivity contribution in [2.45, 2.75) is 38.8 Å². The third-order valence-corrected chi connectivity index (χ3v) is 6.88. The molecular formula is C31H31NO7. The van der Waals surface area contributed by atoms with Crippen LogP contribution in [0.25, 0.3) is 5.76 Å². The number of hydrogen-bond donors (Lipinski definition) is 1. The molecule has 0 saturated carbocycles. The van der Waals surface area contributed by atoms with Gasteiger partial charge in [0, 0.05) is 12.1 Å². The molecule has 8 nitrogen and oxygen atoms in total. The maximum atomic E-state index is 13.4. The van der Waals surface area contributed by atoms with Gasteiger partial charge in [0.2, 0.25) is 6.79 Å². The van der Waals surface area contributed by atoms with Crippen LogP contribution in [0, 0.1) is 0 Å². The summed E-state index contributed by atoms with van der Waals surface area (Å²) in [4.78, 5) is 28.2. The molecule has 1 N–H and O–H groups in total. The van der Waals surface area contributed by atoms with E-state index in [0.717, 1.165) is 24.8 Å². The van der Waals surface area contributed by atoms with E-state index in [9.17, 15) is 14.7 Å². The number of aliphatic hydroxyl groups is 1. The standard InChI is InChI=1S/C31H31NO7/c1-3-4-5-15-37-23-12-10-21(11-13-23)29(33)27-28(22-7-6-8-24(17-22)36-2)32(31(35)30(27)34)18-20-9-14-25-26(16-20)39-19-38-25/h6-14,16-17,28,33H,3-5,15,18-19H2,1-2H3/b29-27+. The Hall–Kier alpha value is -4.46. The van der Waals surface area contributed by atoms with Crippen LogP contribution in [0.15, 0.2) is 72.3 Å². The van der Waals surface area contributed by atoms with E-state index in [1.54, 1.807) is 61.7 Å². The van der Waals surface area contributed by atoms with Crippen molar-refractivity contribution in [2.24, 2.45) is 0 Å². The van der Waals surface area contributed by atoms with E-state index in [1.165, 1.54) is 4.90 Å². The van der Waals surface area contributed by atoms with Gasteiger partial charge >= 0.3 is 0 Å². The molecule has 2 aliphatic heterocycles. The number of Topliss-reactive ketones (excluding diaryl/α,β-unsaturated/α-hetero) is 1. The van der Waals surface area contributed by atoms with Gasteiger partial charge in [-0.2, -0.15) is 0 Å². The molecule has 1 saturated heterocycles. The zero-order chi connectivity index (χ0) is 27.4. The third-order valence-electron chi connectivity index (χ3n) is 6.88. The Morgan fingerprint density at radius 2 is 1.77 bits per heavy atom. The van der Waals surface area contributed by atoms with Crippen LogP contribution in [0.4, 0.5) is 0 Å². The second-order valence-electron chi connectivity index (χ2n) is 9.47. The smallest absolute Gasteiger partial charge is 0.295 e. The number of ketones is 1. The van der Waals surface area contributed by atoms with Gasteiger partial charge in [0.05, 0.1) is 25.3 Å². The summed E-state index contributed by atoms with van der Waals surface area (Å²) < 4.78 is 22.1. The molecule has 1 unspecified atom stereocenters. The molecule has 1 amide bonds. The summed E-state index contributed by atoms with van der Waals surface area (Å²) in [5, 5.41) is 11.4. The predicted octanol–water partition coefficient (Wildman–Crippen LogP) is 5.61. The Bertz CT molecular complexity index is 1400. The fraction of sp³-hybridized carbons (Fsp3) is 0.290. The summed E-state index contributed by atoms with van der Waals surface area (Å²) in [6.07, 6.45) is 3.16. The molecule has 0 aliphatic carbocycles. The molecule has 0 bridgehead atoms. The van der Waals surface area contributed by atoms with Crippen molar-refractivity contribution in [3.05, 3.63) is 89.0 Å². The average molecular weight is 530 g/mol. The Labute approximate surface area is 227 Å². The number of nitrogens with zero attached hydrogens (tertiary/aromatic N) is 1. The lowest BCUT2D eigenvalue weighted by Crippen LogP contribution is -2.29. The second-order valence-corrected chi connectivity index (χ2v) is 9.47. The van der Waals surface area contributed by atoms with Crippen molar-refractivity contribution < 1.29 is 33.6 Å². The number of methoxy groups -OCH3 is 1. The van der Waals surface area contributed by atoms with Crippen LogP contribution < -0.4 is 18.9 Å². The average Bonchev–Trinajstić information content (AvgIpc) is 3.53. The van der Waals surface area contributed by atoms with Crippen molar-refractivity contribution in [3.63, 3.8) is 0 Å². The highest BCUT2D eigenvalue weighted by Gasteiger charge is 2.46. The maximum Gasteiger partial charge on any atom is 0.295 e. The fourth-order valence-corrected chi connectivity index (χ4v) is 4.84. The van der Waals surface area contributed by atoms with Crippen LogP contribution in [0.5, 0.6) is 23.0 Å². The normalized spacial score (nSPS) is 17.5. The van der Waals surface area contributed by atoms with Gasteiger partial charge in [-0.1, -0.05) is 38.0 Å². The van der Waals surface area contributed by atoms with Gasteiger partial charge in [-0.05, 0) is 66.1 Å². The number of carbonyl (C=O) groups is 2. The summed E-state index contributed by atoms with van der Waals surface area (Å²) >= 11 is 0. The highest BCUT2D eigenvalue weighted by Crippen LogP contribution is 2.42. The van der Waals surface area contributed by atoms with Crippen molar-refractivity contribution in [3.8, 4) is 23.0 Å². The van der Waals surface area contributed by atoms with Gasteiger partial charge in [-0.15, -0.1) is 0 Å². The molecule has 3 aromatic rings. The molecule has 5 rings (SSSR count). The summed E-state index contributed by atoms with van der Waals surface area (Å²) in [6.45, 7) is 3.01. The number of rotatable bonds is 10. The zero-order valence-corrected chi connectivity index (χ0v) is 22.0. The van der Waals surface area contributed by atoms with Gasteiger partial charge in [0.1, 0.15) is 17.3 Å². The minimum Gasteiger partial charge on any atom is -0.507 e. The molecule has 39 heavy (non-hydrogen) atoms. The van der Waals surface area contributed by atoms with E-state index in [4.69, 9.17) is 18.9 Å². The van der Waals surface area contributed by atoms with Crippen LogP contribution in [0.2, 0.25) is 0 Å². The predicted molar refractivity (Wildman–Crippen MR) is 145 cm³/mol. The number of aliphatic hydroxyl groups excluding tert-OH is 1. The highest BCUT2D eigenvalue weighted by atomic mass is 16.7. The summed E-state index contributed by atoms with van der Waals surface area (Å²) in [5.74, 6) is 0.772. The zero-order valence-electron chi connectivity index (χ0n) is 22.0. The van der Waals surface area contributed by atoms with Crippen molar-refractivity contribution >= 4 is 17.4 Å². The molecular weight excluding hydrogens is 498 g/mol. The maximum absolute atomic E-state index is 13.4. The van der Waals surface area contributed by atoms with Gasteiger partial charge in [0.25, 0.3) is 11.7 Å². The topological polar surface area (TPSA) is 94.5 Å².